The second-order valence-corrected chi connectivity index (χ2v) is 6.69. The van der Waals surface area contributed by atoms with Gasteiger partial charge in [-0.2, -0.15) is 0 Å². The fraction of sp³-hybridized carbons (Fsp3) is 1.00. The first-order valence-corrected chi connectivity index (χ1v) is 7.78. The Balaban J connectivity index is 1.72. The standard InChI is InChI=1S/C15H28N2O/c1-18-11-10-17-13-14(6-2-3-7-14)16-12-15(17)8-4-5-9-15/h16H,2-13H2,1H3. The van der Waals surface area contributed by atoms with Crippen LogP contribution in [0, 0.1) is 0 Å². The first-order chi connectivity index (χ1) is 8.79. The molecule has 2 spiro atoms. The fourth-order valence-electron chi connectivity index (χ4n) is 4.48. The van der Waals surface area contributed by atoms with E-state index in [1.54, 1.807) is 0 Å². The van der Waals surface area contributed by atoms with Gasteiger partial charge in [0.05, 0.1) is 6.61 Å². The molecule has 0 amide bonds. The molecule has 2 aliphatic carbocycles. The van der Waals surface area contributed by atoms with Crippen LogP contribution in [0.2, 0.25) is 0 Å². The highest BCUT2D eigenvalue weighted by molar-refractivity contribution is 5.08. The van der Waals surface area contributed by atoms with Crippen LogP contribution in [0.3, 0.4) is 0 Å². The zero-order valence-electron chi connectivity index (χ0n) is 11.8. The van der Waals surface area contributed by atoms with Crippen LogP contribution in [0.15, 0.2) is 0 Å². The summed E-state index contributed by atoms with van der Waals surface area (Å²) in [5.41, 5.74) is 0.911. The van der Waals surface area contributed by atoms with Crippen molar-refractivity contribution >= 4 is 0 Å². The third-order valence-corrected chi connectivity index (χ3v) is 5.62. The van der Waals surface area contributed by atoms with Gasteiger partial charge in [-0.05, 0) is 25.7 Å². The maximum atomic E-state index is 5.34. The number of piperazine rings is 1. The van der Waals surface area contributed by atoms with Crippen molar-refractivity contribution < 1.29 is 4.74 Å². The van der Waals surface area contributed by atoms with E-state index < -0.39 is 0 Å². The van der Waals surface area contributed by atoms with E-state index in [2.05, 4.69) is 10.2 Å². The number of nitrogens with one attached hydrogen (secondary N) is 1. The summed E-state index contributed by atoms with van der Waals surface area (Å²) in [6.45, 7) is 4.49. The first-order valence-electron chi connectivity index (χ1n) is 7.78. The quantitative estimate of drug-likeness (QED) is 0.833. The molecule has 0 aromatic rings. The van der Waals surface area contributed by atoms with Crippen molar-refractivity contribution in [1.29, 1.82) is 0 Å². The van der Waals surface area contributed by atoms with Gasteiger partial charge in [0.1, 0.15) is 0 Å². The van der Waals surface area contributed by atoms with E-state index >= 15 is 0 Å². The van der Waals surface area contributed by atoms with Crippen molar-refractivity contribution in [3.05, 3.63) is 0 Å². The highest BCUT2D eigenvalue weighted by Gasteiger charge is 2.48. The summed E-state index contributed by atoms with van der Waals surface area (Å²) >= 11 is 0. The topological polar surface area (TPSA) is 24.5 Å². The van der Waals surface area contributed by atoms with Crippen LogP contribution in [-0.4, -0.2) is 49.3 Å². The minimum atomic E-state index is 0.446. The Hall–Kier alpha value is -0.120. The first kappa shape index (κ1) is 12.9. The molecule has 104 valence electrons. The average molecular weight is 252 g/mol. The third kappa shape index (κ3) is 2.21. The molecule has 0 aromatic carbocycles. The minimum absolute atomic E-state index is 0.446. The van der Waals surface area contributed by atoms with E-state index in [0.717, 1.165) is 13.2 Å². The molecule has 3 aliphatic rings. The molecule has 3 nitrogen and oxygen atoms in total. The number of hydrogen-bond acceptors (Lipinski definition) is 3. The molecule has 2 saturated carbocycles. The largest absolute Gasteiger partial charge is 0.383 e. The molecular formula is C15H28N2O. The zero-order chi connectivity index (χ0) is 12.5. The van der Waals surface area contributed by atoms with Gasteiger partial charge >= 0.3 is 0 Å². The fourth-order valence-corrected chi connectivity index (χ4v) is 4.48. The maximum Gasteiger partial charge on any atom is 0.0589 e. The molecule has 0 radical (unpaired) electrons. The molecule has 3 rings (SSSR count). The lowest BCUT2D eigenvalue weighted by molar-refractivity contribution is -0.00602. The van der Waals surface area contributed by atoms with Crippen molar-refractivity contribution in [2.75, 3.05) is 33.4 Å². The lowest BCUT2D eigenvalue weighted by atomic mass is 9.84. The number of methoxy groups -OCH3 is 1. The monoisotopic (exact) mass is 252 g/mol. The molecule has 0 bridgehead atoms. The lowest BCUT2D eigenvalue weighted by Crippen LogP contribution is -2.68. The van der Waals surface area contributed by atoms with Crippen molar-refractivity contribution in [3.8, 4) is 0 Å². The Kier molecular flexibility index (Phi) is 3.65. The number of rotatable bonds is 3. The molecular weight excluding hydrogens is 224 g/mol. The van der Waals surface area contributed by atoms with Crippen LogP contribution >= 0.6 is 0 Å². The third-order valence-electron chi connectivity index (χ3n) is 5.62. The maximum absolute atomic E-state index is 5.34. The van der Waals surface area contributed by atoms with Gasteiger partial charge in [0.2, 0.25) is 0 Å². The molecule has 0 atom stereocenters. The summed E-state index contributed by atoms with van der Waals surface area (Å²) in [4.78, 5) is 2.78. The van der Waals surface area contributed by atoms with Crippen LogP contribution in [0.1, 0.15) is 51.4 Å². The average Bonchev–Trinajstić information content (AvgIpc) is 3.02. The summed E-state index contributed by atoms with van der Waals surface area (Å²) in [6.07, 6.45) is 11.2. The SMILES string of the molecule is COCCN1CC2(CCCC2)NCC12CCCC2. The van der Waals surface area contributed by atoms with Gasteiger partial charge in [-0.1, -0.05) is 25.7 Å². The Labute approximate surface area is 111 Å². The summed E-state index contributed by atoms with van der Waals surface area (Å²) in [6, 6.07) is 0. The van der Waals surface area contributed by atoms with E-state index in [1.807, 2.05) is 7.11 Å². The molecule has 1 saturated heterocycles. The molecule has 0 unspecified atom stereocenters. The molecule has 1 aliphatic heterocycles. The van der Waals surface area contributed by atoms with Gasteiger partial charge in [-0.3, -0.25) is 4.90 Å². The zero-order valence-corrected chi connectivity index (χ0v) is 11.8. The van der Waals surface area contributed by atoms with Crippen molar-refractivity contribution in [2.24, 2.45) is 0 Å². The Morgan fingerprint density at radius 2 is 1.72 bits per heavy atom. The van der Waals surface area contributed by atoms with E-state index in [9.17, 15) is 0 Å². The Morgan fingerprint density at radius 3 is 2.39 bits per heavy atom. The van der Waals surface area contributed by atoms with Gasteiger partial charge in [-0.25, -0.2) is 0 Å². The molecule has 1 heterocycles. The van der Waals surface area contributed by atoms with Gasteiger partial charge < -0.3 is 10.1 Å². The van der Waals surface area contributed by atoms with E-state index in [1.165, 1.54) is 64.5 Å². The van der Waals surface area contributed by atoms with Gasteiger partial charge in [0.15, 0.2) is 0 Å². The lowest BCUT2D eigenvalue weighted by Gasteiger charge is -2.52. The Morgan fingerprint density at radius 1 is 1.06 bits per heavy atom. The molecule has 3 heteroatoms. The summed E-state index contributed by atoms with van der Waals surface area (Å²) in [5, 5.41) is 3.95. The van der Waals surface area contributed by atoms with Crippen LogP contribution in [0.5, 0.6) is 0 Å². The Bertz CT molecular complexity index is 280. The molecule has 0 aromatic heterocycles. The smallest absolute Gasteiger partial charge is 0.0589 e. The van der Waals surface area contributed by atoms with Gasteiger partial charge in [0.25, 0.3) is 0 Å². The van der Waals surface area contributed by atoms with Crippen molar-refractivity contribution in [1.82, 2.24) is 10.2 Å². The van der Waals surface area contributed by atoms with Gasteiger partial charge in [-0.15, -0.1) is 0 Å². The van der Waals surface area contributed by atoms with Crippen LogP contribution in [0.4, 0.5) is 0 Å². The highest BCUT2D eigenvalue weighted by atomic mass is 16.5. The number of nitrogens with zero attached hydrogens (tertiary/aromatic N) is 1. The van der Waals surface area contributed by atoms with Crippen molar-refractivity contribution in [3.63, 3.8) is 0 Å². The van der Waals surface area contributed by atoms with E-state index in [4.69, 9.17) is 4.74 Å². The predicted octanol–water partition coefficient (Wildman–Crippen LogP) is 2.16. The van der Waals surface area contributed by atoms with Gasteiger partial charge in [0, 0.05) is 37.8 Å². The molecule has 18 heavy (non-hydrogen) atoms. The van der Waals surface area contributed by atoms with Crippen LogP contribution in [-0.2, 0) is 4.74 Å². The highest BCUT2D eigenvalue weighted by Crippen LogP contribution is 2.42. The minimum Gasteiger partial charge on any atom is -0.383 e. The van der Waals surface area contributed by atoms with Crippen molar-refractivity contribution in [2.45, 2.75) is 62.4 Å². The molecule has 3 fully saturated rings. The van der Waals surface area contributed by atoms with E-state index in [-0.39, 0.29) is 0 Å². The summed E-state index contributed by atoms with van der Waals surface area (Å²) in [7, 11) is 1.83. The predicted molar refractivity (Wildman–Crippen MR) is 73.8 cm³/mol. The number of ether oxygens (including phenoxy) is 1. The van der Waals surface area contributed by atoms with Crippen LogP contribution in [0.25, 0.3) is 0 Å². The van der Waals surface area contributed by atoms with Crippen LogP contribution < -0.4 is 5.32 Å². The summed E-state index contributed by atoms with van der Waals surface area (Å²) < 4.78 is 5.34. The van der Waals surface area contributed by atoms with E-state index in [0.29, 0.717) is 11.1 Å². The second-order valence-electron chi connectivity index (χ2n) is 6.69. The number of hydrogen-bond donors (Lipinski definition) is 1. The second kappa shape index (κ2) is 5.10. The molecule has 1 N–H and O–H groups in total. The summed E-state index contributed by atoms with van der Waals surface area (Å²) in [5.74, 6) is 0. The normalized spacial score (nSPS) is 30.5.